The summed E-state index contributed by atoms with van der Waals surface area (Å²) in [6.45, 7) is 3.58. The van der Waals surface area contributed by atoms with Gasteiger partial charge in [-0.15, -0.1) is 0 Å². The molecule has 4 N–H and O–H groups in total. The van der Waals surface area contributed by atoms with E-state index >= 15 is 0 Å². The maximum Gasteiger partial charge on any atom is 0.490 e. The molecule has 15 heteroatoms. The summed E-state index contributed by atoms with van der Waals surface area (Å²) in [6.07, 6.45) is 0.176. The number of hydrogen-bond donors (Lipinski definition) is 4. The number of likely N-dealkylation sites (tertiary alicyclic amines) is 1. The Bertz CT molecular complexity index is 1520. The average molecular weight is 640 g/mol. The second-order valence-corrected chi connectivity index (χ2v) is 11.0. The van der Waals surface area contributed by atoms with Gasteiger partial charge < -0.3 is 30.2 Å². The number of rotatable bonds is 7. The standard InChI is InChI=1S/C28H33F2N5O3.C2HF3O2/c1-17-31-15-21(32-17)16-35-11-10-28(18-4-7-24(37-2)25(12-18)38-3)9-8-20(14-26(28)35)34-27(36)33-19-5-6-22(29)23(30)13-19;3-2(4,5)1(6)7/h4-7,12-13,15,20,26H,8-11,14,16H2,1-3H3,(H,31,32)(H2,33,34,36);(H,6,7)/t20-,26+,28+;/m1./s1. The lowest BCUT2D eigenvalue weighted by atomic mass is 9.65. The zero-order valence-corrected chi connectivity index (χ0v) is 24.8. The maximum atomic E-state index is 13.6. The maximum absolute atomic E-state index is 13.6. The van der Waals surface area contributed by atoms with Crippen LogP contribution in [0.1, 0.15) is 42.8 Å². The lowest BCUT2D eigenvalue weighted by Gasteiger charge is -2.45. The van der Waals surface area contributed by atoms with Crippen molar-refractivity contribution in [3.63, 3.8) is 0 Å². The van der Waals surface area contributed by atoms with Crippen LogP contribution in [0.15, 0.2) is 42.6 Å². The van der Waals surface area contributed by atoms with Gasteiger partial charge in [0, 0.05) is 47.7 Å². The van der Waals surface area contributed by atoms with Gasteiger partial charge in [0.15, 0.2) is 23.1 Å². The minimum atomic E-state index is -5.08. The number of nitrogens with zero attached hydrogens (tertiary/aromatic N) is 2. The van der Waals surface area contributed by atoms with Crippen LogP contribution < -0.4 is 20.1 Å². The minimum Gasteiger partial charge on any atom is -0.493 e. The summed E-state index contributed by atoms with van der Waals surface area (Å²) in [7, 11) is 3.27. The first kappa shape index (κ1) is 33.5. The Morgan fingerprint density at radius 2 is 1.80 bits per heavy atom. The van der Waals surface area contributed by atoms with Gasteiger partial charge in [-0.25, -0.2) is 23.4 Å². The van der Waals surface area contributed by atoms with Crippen LogP contribution in [0.3, 0.4) is 0 Å². The molecule has 0 spiro atoms. The van der Waals surface area contributed by atoms with Crippen molar-refractivity contribution in [1.29, 1.82) is 0 Å². The van der Waals surface area contributed by atoms with Crippen molar-refractivity contribution >= 4 is 17.7 Å². The normalized spacial score (nSPS) is 21.2. The number of anilines is 1. The average Bonchev–Trinajstić information content (AvgIpc) is 3.57. The van der Waals surface area contributed by atoms with Crippen LogP contribution in [0.2, 0.25) is 0 Å². The molecule has 5 rings (SSSR count). The molecule has 10 nitrogen and oxygen atoms in total. The van der Waals surface area contributed by atoms with Gasteiger partial charge in [0.25, 0.3) is 0 Å². The van der Waals surface area contributed by atoms with E-state index in [1.807, 2.05) is 19.2 Å². The van der Waals surface area contributed by atoms with Crippen molar-refractivity contribution in [3.05, 3.63) is 71.3 Å². The lowest BCUT2D eigenvalue weighted by molar-refractivity contribution is -0.192. The summed E-state index contributed by atoms with van der Waals surface area (Å²) < 4.78 is 69.7. The van der Waals surface area contributed by atoms with Crippen LogP contribution in [0, 0.1) is 18.6 Å². The molecule has 1 aliphatic carbocycles. The van der Waals surface area contributed by atoms with Crippen molar-refractivity contribution in [2.24, 2.45) is 0 Å². The number of carbonyl (C=O) groups excluding carboxylic acids is 1. The predicted molar refractivity (Wildman–Crippen MR) is 153 cm³/mol. The van der Waals surface area contributed by atoms with E-state index in [1.54, 1.807) is 14.2 Å². The minimum absolute atomic E-state index is 0.0809. The molecular formula is C30H34F5N5O5. The molecule has 2 aliphatic rings. The number of imidazole rings is 1. The number of halogens is 5. The Kier molecular flexibility index (Phi) is 10.2. The highest BCUT2D eigenvalue weighted by Gasteiger charge is 2.51. The Morgan fingerprint density at radius 1 is 1.09 bits per heavy atom. The number of aryl methyl sites for hydroxylation is 1. The molecule has 1 aromatic heterocycles. The van der Waals surface area contributed by atoms with E-state index in [1.165, 1.54) is 11.6 Å². The summed E-state index contributed by atoms with van der Waals surface area (Å²) >= 11 is 0. The van der Waals surface area contributed by atoms with E-state index in [0.29, 0.717) is 11.5 Å². The fourth-order valence-corrected chi connectivity index (χ4v) is 6.15. The monoisotopic (exact) mass is 639 g/mol. The van der Waals surface area contributed by atoms with E-state index in [2.05, 4.69) is 37.6 Å². The van der Waals surface area contributed by atoms with Crippen LogP contribution >= 0.6 is 0 Å². The number of aromatic nitrogens is 2. The van der Waals surface area contributed by atoms with Crippen LogP contribution in [0.4, 0.5) is 32.4 Å². The van der Waals surface area contributed by atoms with Gasteiger partial charge >= 0.3 is 18.2 Å². The molecule has 0 unspecified atom stereocenters. The van der Waals surface area contributed by atoms with Crippen LogP contribution in [0.5, 0.6) is 11.5 Å². The molecular weight excluding hydrogens is 605 g/mol. The third kappa shape index (κ3) is 7.82. The van der Waals surface area contributed by atoms with Crippen LogP contribution in [0.25, 0.3) is 0 Å². The molecule has 244 valence electrons. The van der Waals surface area contributed by atoms with Gasteiger partial charge in [0.05, 0.1) is 14.2 Å². The number of alkyl halides is 3. The summed E-state index contributed by atoms with van der Waals surface area (Å²) in [5.41, 5.74) is 2.35. The third-order valence-corrected chi connectivity index (χ3v) is 8.21. The Hall–Kier alpha value is -4.40. The summed E-state index contributed by atoms with van der Waals surface area (Å²) in [5, 5.41) is 12.8. The molecule has 3 atom stereocenters. The Labute approximate surface area is 255 Å². The number of ether oxygens (including phenoxy) is 2. The van der Waals surface area contributed by atoms with E-state index < -0.39 is 29.8 Å². The third-order valence-electron chi connectivity index (χ3n) is 8.21. The van der Waals surface area contributed by atoms with E-state index in [0.717, 1.165) is 62.4 Å². The lowest BCUT2D eigenvalue weighted by Crippen LogP contribution is -2.52. The molecule has 2 amide bonds. The zero-order valence-electron chi connectivity index (χ0n) is 24.8. The van der Waals surface area contributed by atoms with Crippen molar-refractivity contribution in [3.8, 4) is 11.5 Å². The largest absolute Gasteiger partial charge is 0.493 e. The van der Waals surface area contributed by atoms with Crippen molar-refractivity contribution < 1.29 is 46.1 Å². The number of urea groups is 1. The van der Waals surface area contributed by atoms with E-state index in [-0.39, 0.29) is 23.2 Å². The first-order chi connectivity index (χ1) is 21.2. The molecule has 3 aromatic rings. The van der Waals surface area contributed by atoms with Gasteiger partial charge in [-0.1, -0.05) is 6.07 Å². The molecule has 2 aromatic carbocycles. The molecule has 2 heterocycles. The number of nitrogens with one attached hydrogen (secondary N) is 3. The number of carboxylic acids is 1. The van der Waals surface area contributed by atoms with Crippen molar-refractivity contribution in [2.45, 2.75) is 62.8 Å². The smallest absolute Gasteiger partial charge is 0.490 e. The molecule has 1 saturated heterocycles. The summed E-state index contributed by atoms with van der Waals surface area (Å²) in [5.74, 6) is -2.45. The number of hydrogen-bond acceptors (Lipinski definition) is 6. The number of aromatic amines is 1. The number of aliphatic carboxylic acids is 1. The van der Waals surface area contributed by atoms with Crippen LogP contribution in [-0.4, -0.2) is 71.0 Å². The van der Waals surface area contributed by atoms with Crippen molar-refractivity contribution in [2.75, 3.05) is 26.1 Å². The summed E-state index contributed by atoms with van der Waals surface area (Å²) in [6, 6.07) is 9.12. The summed E-state index contributed by atoms with van der Waals surface area (Å²) in [4.78, 5) is 31.8. The van der Waals surface area contributed by atoms with E-state index in [4.69, 9.17) is 19.4 Å². The van der Waals surface area contributed by atoms with Gasteiger partial charge in [-0.2, -0.15) is 13.2 Å². The highest BCUT2D eigenvalue weighted by Crippen LogP contribution is 2.50. The number of carboxylic acid groups (broad SMARTS) is 1. The number of fused-ring (bicyclic) bond motifs is 1. The fraction of sp³-hybridized carbons (Fsp3) is 0.433. The molecule has 1 aliphatic heterocycles. The second-order valence-electron chi connectivity index (χ2n) is 11.0. The first-order valence-corrected chi connectivity index (χ1v) is 14.1. The molecule has 0 bridgehead atoms. The number of H-pyrrole nitrogens is 1. The first-order valence-electron chi connectivity index (χ1n) is 14.1. The number of benzene rings is 2. The molecule has 45 heavy (non-hydrogen) atoms. The highest BCUT2D eigenvalue weighted by atomic mass is 19.4. The second kappa shape index (κ2) is 13.7. The topological polar surface area (TPSA) is 129 Å². The number of amides is 2. The number of carbonyl (C=O) groups is 2. The van der Waals surface area contributed by atoms with E-state index in [9.17, 15) is 26.7 Å². The highest BCUT2D eigenvalue weighted by molar-refractivity contribution is 5.89. The van der Waals surface area contributed by atoms with Gasteiger partial charge in [-0.05, 0) is 69.0 Å². The van der Waals surface area contributed by atoms with Crippen molar-refractivity contribution in [1.82, 2.24) is 20.2 Å². The quantitative estimate of drug-likeness (QED) is 0.250. The molecule has 2 fully saturated rings. The predicted octanol–water partition coefficient (Wildman–Crippen LogP) is 5.53. The van der Waals surface area contributed by atoms with Crippen LogP contribution in [-0.2, 0) is 16.8 Å². The van der Waals surface area contributed by atoms with Gasteiger partial charge in [0.2, 0.25) is 0 Å². The van der Waals surface area contributed by atoms with Gasteiger partial charge in [-0.3, -0.25) is 4.90 Å². The Balaban J connectivity index is 0.000000591. The Morgan fingerprint density at radius 3 is 2.40 bits per heavy atom. The molecule has 1 saturated carbocycles. The zero-order chi connectivity index (χ0) is 32.9. The number of methoxy groups -OCH3 is 2. The SMILES string of the molecule is COc1ccc([C@@]23CC[C@@H](NC(=O)Nc4ccc(F)c(F)c4)C[C@@H]2N(Cc2cnc(C)[nH]2)CC3)cc1OC.O=C(O)C(F)(F)F. The molecule has 0 radical (unpaired) electrons. The van der Waals surface area contributed by atoms with Gasteiger partial charge in [0.1, 0.15) is 5.82 Å². The fourth-order valence-electron chi connectivity index (χ4n) is 6.15.